The van der Waals surface area contributed by atoms with Crippen LogP contribution in [0.5, 0.6) is 0 Å². The van der Waals surface area contributed by atoms with Gasteiger partial charge < -0.3 is 9.63 Å². The monoisotopic (exact) mass is 226 g/mol. The highest BCUT2D eigenvalue weighted by Crippen LogP contribution is 2.18. The Morgan fingerprint density at radius 1 is 1.38 bits per heavy atom. The Bertz CT molecular complexity index is 315. The fourth-order valence-electron chi connectivity index (χ4n) is 1.56. The summed E-state index contributed by atoms with van der Waals surface area (Å²) >= 11 is 0. The number of hydrogen-bond acceptors (Lipinski definition) is 4. The number of rotatable bonds is 5. The lowest BCUT2D eigenvalue weighted by Gasteiger charge is -2.14. The Morgan fingerprint density at radius 3 is 2.62 bits per heavy atom. The van der Waals surface area contributed by atoms with Gasteiger partial charge in [-0.15, -0.1) is 0 Å². The molecule has 0 aromatic carbocycles. The van der Waals surface area contributed by atoms with Gasteiger partial charge in [0, 0.05) is 6.42 Å². The van der Waals surface area contributed by atoms with Crippen molar-refractivity contribution in [1.82, 2.24) is 10.1 Å². The maximum absolute atomic E-state index is 9.62. The lowest BCUT2D eigenvalue weighted by Crippen LogP contribution is -2.11. The van der Waals surface area contributed by atoms with Gasteiger partial charge in [-0.25, -0.2) is 0 Å². The molecule has 0 aliphatic rings. The normalized spacial score (nSPS) is 14.1. The fraction of sp³-hybridized carbons (Fsp3) is 0.833. The van der Waals surface area contributed by atoms with Crippen LogP contribution in [-0.2, 0) is 12.8 Å². The molecule has 0 saturated heterocycles. The topological polar surface area (TPSA) is 59.2 Å². The molecule has 92 valence electrons. The smallest absolute Gasteiger partial charge is 0.229 e. The molecule has 0 bridgehead atoms. The van der Waals surface area contributed by atoms with Crippen molar-refractivity contribution in [2.45, 2.75) is 59.5 Å². The third-order valence-corrected chi connectivity index (χ3v) is 2.23. The highest BCUT2D eigenvalue weighted by atomic mass is 16.5. The van der Waals surface area contributed by atoms with Gasteiger partial charge in [0.2, 0.25) is 5.89 Å². The largest absolute Gasteiger partial charge is 0.393 e. The molecule has 1 atom stereocenters. The molecule has 0 aliphatic heterocycles. The molecule has 0 aliphatic carbocycles. The summed E-state index contributed by atoms with van der Waals surface area (Å²) in [5, 5.41) is 13.5. The van der Waals surface area contributed by atoms with E-state index >= 15 is 0 Å². The van der Waals surface area contributed by atoms with Crippen molar-refractivity contribution >= 4 is 0 Å². The summed E-state index contributed by atoms with van der Waals surface area (Å²) in [6.45, 7) is 8.45. The zero-order chi connectivity index (χ0) is 12.2. The van der Waals surface area contributed by atoms with Crippen molar-refractivity contribution in [2.24, 2.45) is 5.41 Å². The molecule has 4 nitrogen and oxygen atoms in total. The van der Waals surface area contributed by atoms with E-state index in [2.05, 4.69) is 30.9 Å². The average molecular weight is 226 g/mol. The zero-order valence-corrected chi connectivity index (χ0v) is 10.7. The number of aliphatic hydroxyl groups excluding tert-OH is 1. The molecular formula is C12H22N2O2. The Labute approximate surface area is 97.1 Å². The summed E-state index contributed by atoms with van der Waals surface area (Å²) in [7, 11) is 0. The van der Waals surface area contributed by atoms with E-state index in [1.165, 1.54) is 0 Å². The van der Waals surface area contributed by atoms with E-state index in [1.54, 1.807) is 0 Å². The van der Waals surface area contributed by atoms with Gasteiger partial charge in [0.25, 0.3) is 0 Å². The van der Waals surface area contributed by atoms with Crippen LogP contribution in [-0.4, -0.2) is 21.4 Å². The number of aromatic nitrogens is 2. The maximum Gasteiger partial charge on any atom is 0.229 e. The van der Waals surface area contributed by atoms with Crippen LogP contribution in [0.15, 0.2) is 4.52 Å². The van der Waals surface area contributed by atoms with E-state index in [0.717, 1.165) is 25.1 Å². The van der Waals surface area contributed by atoms with Crippen molar-refractivity contribution in [1.29, 1.82) is 0 Å². The van der Waals surface area contributed by atoms with Crippen molar-refractivity contribution in [2.75, 3.05) is 0 Å². The van der Waals surface area contributed by atoms with Gasteiger partial charge in [0.1, 0.15) is 0 Å². The molecule has 1 aromatic heterocycles. The standard InChI is InChI=1S/C12H22N2O2/c1-5-6-9(15)7-11-13-10(14-16-11)8-12(2,3)4/h9,15H,5-8H2,1-4H3. The lowest BCUT2D eigenvalue weighted by atomic mass is 9.92. The molecule has 0 radical (unpaired) electrons. The highest BCUT2D eigenvalue weighted by molar-refractivity contribution is 4.91. The van der Waals surface area contributed by atoms with Gasteiger partial charge >= 0.3 is 0 Å². The summed E-state index contributed by atoms with van der Waals surface area (Å²) in [5.74, 6) is 1.27. The van der Waals surface area contributed by atoms with Crippen LogP contribution in [0.4, 0.5) is 0 Å². The van der Waals surface area contributed by atoms with Gasteiger partial charge in [-0.1, -0.05) is 39.3 Å². The second kappa shape index (κ2) is 5.43. The number of hydrogen-bond donors (Lipinski definition) is 1. The van der Waals surface area contributed by atoms with Crippen molar-refractivity contribution < 1.29 is 9.63 Å². The van der Waals surface area contributed by atoms with E-state index < -0.39 is 0 Å². The van der Waals surface area contributed by atoms with Crippen LogP contribution in [0.1, 0.15) is 52.3 Å². The van der Waals surface area contributed by atoms with E-state index in [0.29, 0.717) is 12.3 Å². The maximum atomic E-state index is 9.62. The summed E-state index contributed by atoms with van der Waals surface area (Å²) in [4.78, 5) is 4.28. The quantitative estimate of drug-likeness (QED) is 0.837. The van der Waals surface area contributed by atoms with E-state index in [1.807, 2.05) is 6.92 Å². The molecule has 1 unspecified atom stereocenters. The minimum absolute atomic E-state index is 0.156. The van der Waals surface area contributed by atoms with Crippen LogP contribution >= 0.6 is 0 Å². The molecule has 1 aromatic rings. The lowest BCUT2D eigenvalue weighted by molar-refractivity contribution is 0.151. The molecule has 0 saturated carbocycles. The van der Waals surface area contributed by atoms with E-state index in [4.69, 9.17) is 4.52 Å². The highest BCUT2D eigenvalue weighted by Gasteiger charge is 2.17. The molecule has 1 rings (SSSR count). The first-order valence-electron chi connectivity index (χ1n) is 5.90. The second-order valence-electron chi connectivity index (χ2n) is 5.49. The fourth-order valence-corrected chi connectivity index (χ4v) is 1.56. The Morgan fingerprint density at radius 2 is 2.06 bits per heavy atom. The van der Waals surface area contributed by atoms with Crippen LogP contribution in [0.25, 0.3) is 0 Å². The SMILES string of the molecule is CCCC(O)Cc1nc(CC(C)(C)C)no1. The Kier molecular flexibility index (Phi) is 4.47. The van der Waals surface area contributed by atoms with Crippen LogP contribution in [0, 0.1) is 5.41 Å². The number of nitrogens with zero attached hydrogens (tertiary/aromatic N) is 2. The van der Waals surface area contributed by atoms with Gasteiger partial charge in [0.15, 0.2) is 5.82 Å². The third-order valence-electron chi connectivity index (χ3n) is 2.23. The average Bonchev–Trinajstić information content (AvgIpc) is 2.49. The van der Waals surface area contributed by atoms with Crippen molar-refractivity contribution in [3.05, 3.63) is 11.7 Å². The Hall–Kier alpha value is -0.900. The molecule has 0 fully saturated rings. The first-order valence-corrected chi connectivity index (χ1v) is 5.90. The van der Waals surface area contributed by atoms with Crippen LogP contribution in [0.2, 0.25) is 0 Å². The summed E-state index contributed by atoms with van der Waals surface area (Å²) < 4.78 is 5.11. The van der Waals surface area contributed by atoms with E-state index in [-0.39, 0.29) is 11.5 Å². The predicted octanol–water partition coefficient (Wildman–Crippen LogP) is 2.36. The van der Waals surface area contributed by atoms with Gasteiger partial charge in [-0.05, 0) is 11.8 Å². The molecule has 0 amide bonds. The molecule has 16 heavy (non-hydrogen) atoms. The molecular weight excluding hydrogens is 204 g/mol. The molecule has 1 heterocycles. The zero-order valence-electron chi connectivity index (χ0n) is 10.7. The summed E-state index contributed by atoms with van der Waals surface area (Å²) in [5.41, 5.74) is 0.156. The van der Waals surface area contributed by atoms with E-state index in [9.17, 15) is 5.11 Å². The molecule has 4 heteroatoms. The summed E-state index contributed by atoms with van der Waals surface area (Å²) in [6.07, 6.45) is 2.62. The minimum atomic E-state index is -0.368. The first kappa shape index (κ1) is 13.2. The third kappa shape index (κ3) is 4.75. The van der Waals surface area contributed by atoms with Gasteiger partial charge in [-0.3, -0.25) is 0 Å². The van der Waals surface area contributed by atoms with Crippen molar-refractivity contribution in [3.8, 4) is 0 Å². The molecule has 0 spiro atoms. The second-order valence-corrected chi connectivity index (χ2v) is 5.49. The Balaban J connectivity index is 2.51. The number of aliphatic hydroxyl groups is 1. The summed E-state index contributed by atoms with van der Waals surface area (Å²) in [6, 6.07) is 0. The van der Waals surface area contributed by atoms with Gasteiger partial charge in [0.05, 0.1) is 12.5 Å². The first-order chi connectivity index (χ1) is 7.40. The van der Waals surface area contributed by atoms with Gasteiger partial charge in [-0.2, -0.15) is 4.98 Å². The molecule has 1 N–H and O–H groups in total. The van der Waals surface area contributed by atoms with Crippen LogP contribution in [0.3, 0.4) is 0 Å². The van der Waals surface area contributed by atoms with Crippen molar-refractivity contribution in [3.63, 3.8) is 0 Å². The predicted molar refractivity (Wildman–Crippen MR) is 62.1 cm³/mol. The van der Waals surface area contributed by atoms with Crippen LogP contribution < -0.4 is 0 Å². The minimum Gasteiger partial charge on any atom is -0.393 e.